The zero-order valence-corrected chi connectivity index (χ0v) is 13.9. The molecule has 0 saturated carbocycles. The van der Waals surface area contributed by atoms with Crippen molar-refractivity contribution in [2.24, 2.45) is 0 Å². The van der Waals surface area contributed by atoms with Gasteiger partial charge in [-0.1, -0.05) is 19.8 Å². The van der Waals surface area contributed by atoms with E-state index in [0.717, 1.165) is 38.2 Å². The number of rotatable bonds is 3. The Hall–Kier alpha value is -0.460. The number of halogens is 2. The predicted octanol–water partition coefficient (Wildman–Crippen LogP) is 3.93. The van der Waals surface area contributed by atoms with E-state index >= 15 is 0 Å². The van der Waals surface area contributed by atoms with Crippen LogP contribution in [0.1, 0.15) is 39.0 Å². The summed E-state index contributed by atoms with van der Waals surface area (Å²) in [7, 11) is -3.61. The van der Waals surface area contributed by atoms with Crippen LogP contribution in [0.25, 0.3) is 0 Å². The molecule has 6 heteroatoms. The minimum absolute atomic E-state index is 0.0224. The quantitative estimate of drug-likeness (QED) is 0.815. The molecule has 0 radical (unpaired) electrons. The highest BCUT2D eigenvalue weighted by Gasteiger charge is 2.31. The maximum Gasteiger partial charge on any atom is 0.243 e. The molecule has 1 aromatic rings. The molecule has 1 aromatic carbocycles. The first-order valence-electron chi connectivity index (χ1n) is 6.93. The molecule has 0 spiro atoms. The second-order valence-corrected chi connectivity index (χ2v) is 7.85. The summed E-state index contributed by atoms with van der Waals surface area (Å²) in [5.41, 5.74) is 0. The van der Waals surface area contributed by atoms with E-state index in [4.69, 9.17) is 0 Å². The van der Waals surface area contributed by atoms with Crippen molar-refractivity contribution < 1.29 is 12.8 Å². The van der Waals surface area contributed by atoms with Crippen molar-refractivity contribution in [3.8, 4) is 0 Å². The van der Waals surface area contributed by atoms with Crippen molar-refractivity contribution in [3.63, 3.8) is 0 Å². The van der Waals surface area contributed by atoms with E-state index in [1.54, 1.807) is 4.31 Å². The molecule has 0 aliphatic carbocycles. The lowest BCUT2D eigenvalue weighted by atomic mass is 10.1. The Morgan fingerprint density at radius 2 is 2.10 bits per heavy atom. The molecule has 1 heterocycles. The highest BCUT2D eigenvalue weighted by molar-refractivity contribution is 9.10. The van der Waals surface area contributed by atoms with Gasteiger partial charge >= 0.3 is 0 Å². The van der Waals surface area contributed by atoms with Crippen LogP contribution < -0.4 is 0 Å². The standard InChI is InChI=1S/C14H19BrFNO2S/c1-2-11-6-4-3-5-9-17(11)20(18,19)12-7-8-13(15)14(16)10-12/h7-8,10-11H,2-6,9H2,1H3. The normalized spacial score (nSPS) is 21.6. The Balaban J connectivity index is 2.38. The lowest BCUT2D eigenvalue weighted by molar-refractivity contribution is 0.315. The first-order chi connectivity index (χ1) is 9.46. The fourth-order valence-corrected chi connectivity index (χ4v) is 4.67. The average molecular weight is 364 g/mol. The van der Waals surface area contributed by atoms with Crippen LogP contribution in [0, 0.1) is 5.82 Å². The van der Waals surface area contributed by atoms with Crippen molar-refractivity contribution in [1.29, 1.82) is 0 Å². The van der Waals surface area contributed by atoms with Crippen LogP contribution in [0.5, 0.6) is 0 Å². The van der Waals surface area contributed by atoms with E-state index in [1.807, 2.05) is 6.92 Å². The van der Waals surface area contributed by atoms with Gasteiger partial charge < -0.3 is 0 Å². The molecular formula is C14H19BrFNO2S. The number of nitrogens with zero attached hydrogens (tertiary/aromatic N) is 1. The molecule has 3 nitrogen and oxygen atoms in total. The van der Waals surface area contributed by atoms with E-state index in [2.05, 4.69) is 15.9 Å². The minimum atomic E-state index is -3.61. The van der Waals surface area contributed by atoms with Gasteiger partial charge in [-0.15, -0.1) is 0 Å². The van der Waals surface area contributed by atoms with Crippen LogP contribution >= 0.6 is 15.9 Å². The molecule has 0 amide bonds. The van der Waals surface area contributed by atoms with Crippen molar-refractivity contribution in [1.82, 2.24) is 4.31 Å². The van der Waals surface area contributed by atoms with Gasteiger partial charge in [0.05, 0.1) is 9.37 Å². The molecule has 1 atom stereocenters. The Labute approximate surface area is 128 Å². The maximum absolute atomic E-state index is 13.6. The molecule has 1 aliphatic rings. The van der Waals surface area contributed by atoms with Crippen LogP contribution in [0.3, 0.4) is 0 Å². The van der Waals surface area contributed by atoms with E-state index in [0.29, 0.717) is 6.54 Å². The molecule has 0 N–H and O–H groups in total. The maximum atomic E-state index is 13.6. The SMILES string of the molecule is CCC1CCCCCN1S(=O)(=O)c1ccc(Br)c(F)c1. The van der Waals surface area contributed by atoms with E-state index in [-0.39, 0.29) is 15.4 Å². The van der Waals surface area contributed by atoms with Crippen LogP contribution in [-0.2, 0) is 10.0 Å². The van der Waals surface area contributed by atoms with Gasteiger partial charge in [0, 0.05) is 12.6 Å². The van der Waals surface area contributed by atoms with Gasteiger partial charge in [-0.05, 0) is 53.4 Å². The second kappa shape index (κ2) is 6.54. The Kier molecular flexibility index (Phi) is 5.20. The summed E-state index contributed by atoms with van der Waals surface area (Å²) in [5.74, 6) is -0.547. The van der Waals surface area contributed by atoms with Crippen molar-refractivity contribution in [3.05, 3.63) is 28.5 Å². The van der Waals surface area contributed by atoms with Crippen LogP contribution in [0.2, 0.25) is 0 Å². The van der Waals surface area contributed by atoms with Crippen molar-refractivity contribution in [2.75, 3.05) is 6.54 Å². The number of sulfonamides is 1. The zero-order chi connectivity index (χ0) is 14.8. The van der Waals surface area contributed by atoms with Gasteiger partial charge in [-0.2, -0.15) is 4.31 Å². The fourth-order valence-electron chi connectivity index (χ4n) is 2.65. The molecule has 20 heavy (non-hydrogen) atoms. The zero-order valence-electron chi connectivity index (χ0n) is 11.5. The van der Waals surface area contributed by atoms with Gasteiger partial charge in [-0.25, -0.2) is 12.8 Å². The van der Waals surface area contributed by atoms with Gasteiger partial charge in [0.15, 0.2) is 0 Å². The monoisotopic (exact) mass is 363 g/mol. The summed E-state index contributed by atoms with van der Waals surface area (Å²) in [6.07, 6.45) is 4.65. The van der Waals surface area contributed by atoms with Crippen LogP contribution in [0.4, 0.5) is 4.39 Å². The van der Waals surface area contributed by atoms with E-state index in [1.165, 1.54) is 12.1 Å². The predicted molar refractivity (Wildman–Crippen MR) is 80.5 cm³/mol. The summed E-state index contributed by atoms with van der Waals surface area (Å²) in [6, 6.07) is 4.02. The fraction of sp³-hybridized carbons (Fsp3) is 0.571. The first-order valence-corrected chi connectivity index (χ1v) is 9.17. The lowest BCUT2D eigenvalue weighted by Crippen LogP contribution is -2.39. The van der Waals surface area contributed by atoms with Crippen molar-refractivity contribution >= 4 is 26.0 Å². The van der Waals surface area contributed by atoms with Gasteiger partial charge in [-0.3, -0.25) is 0 Å². The summed E-state index contributed by atoms with van der Waals surface area (Å²) in [6.45, 7) is 2.53. The molecule has 1 saturated heterocycles. The number of hydrogen-bond acceptors (Lipinski definition) is 2. The molecule has 112 valence electrons. The molecule has 1 fully saturated rings. The largest absolute Gasteiger partial charge is 0.243 e. The van der Waals surface area contributed by atoms with Gasteiger partial charge in [0.1, 0.15) is 5.82 Å². The van der Waals surface area contributed by atoms with Crippen LogP contribution in [-0.4, -0.2) is 25.3 Å². The average Bonchev–Trinajstić information content (AvgIpc) is 2.67. The minimum Gasteiger partial charge on any atom is -0.207 e. The topological polar surface area (TPSA) is 37.4 Å². The Bertz CT molecular complexity index is 577. The third-order valence-electron chi connectivity index (χ3n) is 3.79. The number of hydrogen-bond donors (Lipinski definition) is 0. The third kappa shape index (κ3) is 3.23. The van der Waals surface area contributed by atoms with E-state index in [9.17, 15) is 12.8 Å². The summed E-state index contributed by atoms with van der Waals surface area (Å²) >= 11 is 3.05. The molecule has 1 aliphatic heterocycles. The molecule has 1 unspecified atom stereocenters. The molecule has 0 bridgehead atoms. The summed E-state index contributed by atoms with van der Waals surface area (Å²) in [5, 5.41) is 0. The Morgan fingerprint density at radius 3 is 2.75 bits per heavy atom. The van der Waals surface area contributed by atoms with Gasteiger partial charge in [0.2, 0.25) is 10.0 Å². The number of benzene rings is 1. The molecule has 0 aromatic heterocycles. The van der Waals surface area contributed by atoms with E-state index < -0.39 is 15.8 Å². The first kappa shape index (κ1) is 15.9. The van der Waals surface area contributed by atoms with Crippen molar-refractivity contribution in [2.45, 2.75) is 50.0 Å². The molecule has 2 rings (SSSR count). The lowest BCUT2D eigenvalue weighted by Gasteiger charge is -2.28. The van der Waals surface area contributed by atoms with Crippen LogP contribution in [0.15, 0.2) is 27.6 Å². The molecular weight excluding hydrogens is 345 g/mol. The highest BCUT2D eigenvalue weighted by atomic mass is 79.9. The third-order valence-corrected chi connectivity index (χ3v) is 6.38. The highest BCUT2D eigenvalue weighted by Crippen LogP contribution is 2.28. The summed E-state index contributed by atoms with van der Waals surface area (Å²) < 4.78 is 40.9. The van der Waals surface area contributed by atoms with Gasteiger partial charge in [0.25, 0.3) is 0 Å². The summed E-state index contributed by atoms with van der Waals surface area (Å²) in [4.78, 5) is 0.0403. The Morgan fingerprint density at radius 1 is 1.35 bits per heavy atom. The smallest absolute Gasteiger partial charge is 0.207 e. The second-order valence-electron chi connectivity index (χ2n) is 5.10.